The molecule has 144 valence electrons. The molecule has 3 heterocycles. The highest BCUT2D eigenvalue weighted by Gasteiger charge is 2.26. The summed E-state index contributed by atoms with van der Waals surface area (Å²) in [5.74, 6) is -0.723. The highest BCUT2D eigenvalue weighted by atomic mass is 32.1. The number of amides is 1. The average Bonchev–Trinajstić information content (AvgIpc) is 3.40. The van der Waals surface area contributed by atoms with Gasteiger partial charge in [0.25, 0.3) is 0 Å². The normalized spacial score (nSPS) is 15.2. The lowest BCUT2D eigenvalue weighted by Gasteiger charge is -2.12. The van der Waals surface area contributed by atoms with Crippen LogP contribution in [0.5, 0.6) is 0 Å². The van der Waals surface area contributed by atoms with Gasteiger partial charge in [0.1, 0.15) is 0 Å². The number of anilines is 1. The molecule has 1 atom stereocenters. The van der Waals surface area contributed by atoms with Crippen LogP contribution in [-0.4, -0.2) is 40.3 Å². The summed E-state index contributed by atoms with van der Waals surface area (Å²) in [7, 11) is 0. The van der Waals surface area contributed by atoms with Gasteiger partial charge in [-0.25, -0.2) is 4.98 Å². The molecule has 0 radical (unpaired) electrons. The van der Waals surface area contributed by atoms with E-state index in [1.165, 1.54) is 11.3 Å². The Bertz CT molecular complexity index is 1050. The Balaban J connectivity index is 1.39. The smallest absolute Gasteiger partial charge is 0.312 e. The maximum absolute atomic E-state index is 12.7. The van der Waals surface area contributed by atoms with Crippen LogP contribution in [0.4, 0.5) is 5.13 Å². The van der Waals surface area contributed by atoms with Crippen LogP contribution < -0.4 is 4.90 Å². The van der Waals surface area contributed by atoms with Crippen molar-refractivity contribution in [2.24, 2.45) is 0 Å². The molecular weight excluding hydrogens is 378 g/mol. The highest BCUT2D eigenvalue weighted by molar-refractivity contribution is 7.14. The van der Waals surface area contributed by atoms with Gasteiger partial charge in [-0.1, -0.05) is 18.2 Å². The van der Waals surface area contributed by atoms with Crippen molar-refractivity contribution in [3.05, 3.63) is 47.1 Å². The summed E-state index contributed by atoms with van der Waals surface area (Å²) >= 11 is 1.33. The van der Waals surface area contributed by atoms with E-state index < -0.39 is 12.1 Å². The third-order valence-corrected chi connectivity index (χ3v) is 5.61. The van der Waals surface area contributed by atoms with Crippen molar-refractivity contribution in [2.75, 3.05) is 11.4 Å². The largest absolute Gasteiger partial charge is 0.454 e. The number of esters is 1. The van der Waals surface area contributed by atoms with Crippen molar-refractivity contribution in [3.63, 3.8) is 0 Å². The molecule has 1 amide bonds. The summed E-state index contributed by atoms with van der Waals surface area (Å²) in [6, 6.07) is 7.47. The number of H-pyrrole nitrogens is 1. The Kier molecular flexibility index (Phi) is 4.95. The Morgan fingerprint density at radius 2 is 2.18 bits per heavy atom. The fraction of sp³-hybridized carbons (Fsp3) is 0.300. The minimum absolute atomic E-state index is 0.0377. The quantitative estimate of drug-likeness (QED) is 0.510. The first kappa shape index (κ1) is 18.4. The number of rotatable bonds is 6. The number of aromatic nitrogens is 2. The van der Waals surface area contributed by atoms with E-state index in [1.54, 1.807) is 23.4 Å². The molecule has 1 aromatic carbocycles. The number of ether oxygens (including phenoxy) is 1. The van der Waals surface area contributed by atoms with Gasteiger partial charge < -0.3 is 9.72 Å². The SMILES string of the molecule is C[C@@H](OC(=O)Cc1csc(N2CCCC2=O)n1)C(=O)c1c[nH]c2ccccc12. The van der Waals surface area contributed by atoms with E-state index in [9.17, 15) is 14.4 Å². The third kappa shape index (κ3) is 3.55. The predicted molar refractivity (Wildman–Crippen MR) is 106 cm³/mol. The van der Waals surface area contributed by atoms with Gasteiger partial charge in [0, 0.05) is 41.0 Å². The lowest BCUT2D eigenvalue weighted by molar-refractivity contribution is -0.145. The van der Waals surface area contributed by atoms with Crippen LogP contribution in [0.1, 0.15) is 35.8 Å². The Labute approximate surface area is 165 Å². The molecule has 1 fully saturated rings. The van der Waals surface area contributed by atoms with E-state index in [2.05, 4.69) is 9.97 Å². The molecule has 1 saturated heterocycles. The summed E-state index contributed by atoms with van der Waals surface area (Å²) in [5.41, 5.74) is 1.90. The van der Waals surface area contributed by atoms with Crippen molar-refractivity contribution in [2.45, 2.75) is 32.3 Å². The number of nitrogens with one attached hydrogen (secondary N) is 1. The standard InChI is InChI=1S/C20H19N3O4S/c1-12(19(26)15-10-21-16-6-3-2-5-14(15)16)27-18(25)9-13-11-28-20(22-13)23-8-4-7-17(23)24/h2-3,5-6,10-12,21H,4,7-9H2,1H3/t12-/m1/s1. The lowest BCUT2D eigenvalue weighted by Crippen LogP contribution is -2.25. The number of ketones is 1. The van der Waals surface area contributed by atoms with Crippen molar-refractivity contribution in [1.82, 2.24) is 9.97 Å². The zero-order valence-corrected chi connectivity index (χ0v) is 16.1. The third-order valence-electron chi connectivity index (χ3n) is 4.70. The van der Waals surface area contributed by atoms with Gasteiger partial charge in [0.2, 0.25) is 11.7 Å². The maximum atomic E-state index is 12.7. The number of thiazole rings is 1. The van der Waals surface area contributed by atoms with Crippen LogP contribution in [0.2, 0.25) is 0 Å². The number of Topliss-reactive ketones (excluding diaryl/α,β-unsaturated/α-hetero) is 1. The molecule has 7 nitrogen and oxygen atoms in total. The van der Waals surface area contributed by atoms with Crippen molar-refractivity contribution >= 4 is 45.0 Å². The summed E-state index contributed by atoms with van der Waals surface area (Å²) in [6.07, 6.45) is 2.06. The van der Waals surface area contributed by atoms with Crippen molar-refractivity contribution in [3.8, 4) is 0 Å². The number of benzene rings is 1. The molecule has 3 aromatic rings. The Morgan fingerprint density at radius 1 is 1.36 bits per heavy atom. The Hall–Kier alpha value is -3.00. The number of fused-ring (bicyclic) bond motifs is 1. The fourth-order valence-electron chi connectivity index (χ4n) is 3.29. The zero-order chi connectivity index (χ0) is 19.7. The van der Waals surface area contributed by atoms with Gasteiger partial charge in [-0.15, -0.1) is 11.3 Å². The molecule has 4 rings (SSSR count). The molecule has 28 heavy (non-hydrogen) atoms. The van der Waals surface area contributed by atoms with Crippen LogP contribution >= 0.6 is 11.3 Å². The van der Waals surface area contributed by atoms with Gasteiger partial charge in [-0.05, 0) is 19.4 Å². The van der Waals surface area contributed by atoms with Crippen LogP contribution in [0.3, 0.4) is 0 Å². The predicted octanol–water partition coefficient (Wildman–Crippen LogP) is 3.11. The molecule has 0 saturated carbocycles. The van der Waals surface area contributed by atoms with Crippen LogP contribution in [-0.2, 0) is 20.7 Å². The van der Waals surface area contributed by atoms with Gasteiger partial charge in [0.05, 0.1) is 12.1 Å². The summed E-state index contributed by atoms with van der Waals surface area (Å²) < 4.78 is 5.33. The van der Waals surface area contributed by atoms with Gasteiger partial charge in [-0.2, -0.15) is 0 Å². The molecule has 8 heteroatoms. The highest BCUT2D eigenvalue weighted by Crippen LogP contribution is 2.26. The molecule has 0 unspecified atom stereocenters. The number of carbonyl (C=O) groups is 3. The second kappa shape index (κ2) is 7.55. The zero-order valence-electron chi connectivity index (χ0n) is 15.3. The molecule has 1 aliphatic rings. The second-order valence-electron chi connectivity index (χ2n) is 6.69. The summed E-state index contributed by atoms with van der Waals surface area (Å²) in [5, 5.41) is 3.15. The first-order chi connectivity index (χ1) is 13.5. The lowest BCUT2D eigenvalue weighted by atomic mass is 10.1. The molecule has 2 aromatic heterocycles. The number of hydrogen-bond acceptors (Lipinski definition) is 6. The van der Waals surface area contributed by atoms with Crippen LogP contribution in [0.25, 0.3) is 10.9 Å². The van der Waals surface area contributed by atoms with Gasteiger partial charge in [0.15, 0.2) is 11.2 Å². The van der Waals surface area contributed by atoms with Crippen molar-refractivity contribution < 1.29 is 19.1 Å². The van der Waals surface area contributed by atoms with Gasteiger partial charge >= 0.3 is 5.97 Å². The van der Waals surface area contributed by atoms with E-state index in [4.69, 9.17) is 4.74 Å². The topological polar surface area (TPSA) is 92.4 Å². The average molecular weight is 397 g/mol. The van der Waals surface area contributed by atoms with Crippen LogP contribution in [0, 0.1) is 0 Å². The fourth-order valence-corrected chi connectivity index (χ4v) is 4.15. The molecule has 0 aliphatic carbocycles. The summed E-state index contributed by atoms with van der Waals surface area (Å²) in [6.45, 7) is 2.23. The number of carbonyl (C=O) groups excluding carboxylic acids is 3. The van der Waals surface area contributed by atoms with Crippen LogP contribution in [0.15, 0.2) is 35.8 Å². The molecule has 0 bridgehead atoms. The first-order valence-corrected chi connectivity index (χ1v) is 9.95. The van der Waals surface area contributed by atoms with E-state index in [-0.39, 0.29) is 18.1 Å². The number of para-hydroxylation sites is 1. The molecule has 1 N–H and O–H groups in total. The van der Waals surface area contributed by atoms with Gasteiger partial charge in [-0.3, -0.25) is 19.3 Å². The minimum atomic E-state index is -0.898. The van der Waals surface area contributed by atoms with Crippen molar-refractivity contribution in [1.29, 1.82) is 0 Å². The minimum Gasteiger partial charge on any atom is -0.454 e. The van der Waals surface area contributed by atoms with E-state index in [0.717, 1.165) is 17.3 Å². The molecule has 1 aliphatic heterocycles. The molecular formula is C20H19N3O4S. The number of nitrogens with zero attached hydrogens (tertiary/aromatic N) is 2. The molecule has 0 spiro atoms. The number of hydrogen-bond donors (Lipinski definition) is 1. The van der Waals surface area contributed by atoms with E-state index in [1.807, 2.05) is 24.3 Å². The second-order valence-corrected chi connectivity index (χ2v) is 7.53. The maximum Gasteiger partial charge on any atom is 0.312 e. The first-order valence-electron chi connectivity index (χ1n) is 9.07. The summed E-state index contributed by atoms with van der Waals surface area (Å²) in [4.78, 5) is 45.8. The Morgan fingerprint density at radius 3 is 2.96 bits per heavy atom. The van der Waals surface area contributed by atoms with E-state index in [0.29, 0.717) is 29.4 Å². The van der Waals surface area contributed by atoms with E-state index >= 15 is 0 Å². The monoisotopic (exact) mass is 397 g/mol. The number of aromatic amines is 1.